The molecule has 1 unspecified atom stereocenters. The lowest BCUT2D eigenvalue weighted by Gasteiger charge is -2.03. The maximum atomic E-state index is 10.8. The summed E-state index contributed by atoms with van der Waals surface area (Å²) in [6.07, 6.45) is 2.16. The summed E-state index contributed by atoms with van der Waals surface area (Å²) < 4.78 is 13.5. The van der Waals surface area contributed by atoms with Crippen molar-refractivity contribution in [2.24, 2.45) is 0 Å². The largest absolute Gasteiger partial charge is 0.329 e. The smallest absolute Gasteiger partial charge is 0.211 e. The van der Waals surface area contributed by atoms with E-state index in [1.165, 1.54) is 0 Å². The lowest BCUT2D eigenvalue weighted by molar-refractivity contribution is -0.105. The van der Waals surface area contributed by atoms with Crippen LogP contribution >= 0.6 is 0 Å². The molecule has 0 aliphatic heterocycles. The average Bonchev–Trinajstić information content (AvgIpc) is 2.08. The van der Waals surface area contributed by atoms with E-state index >= 15 is 0 Å². The number of carbonyl (C=O) groups is 1. The standard InChI is InChI=1S/C8H10N2O2S/c1-13(12)10-8-4-2-7(3-5-8)9-6-11/h2-6,10H,1H3,(H,9,11). The second-order valence-electron chi connectivity index (χ2n) is 2.40. The molecule has 0 spiro atoms. The first kappa shape index (κ1) is 9.73. The summed E-state index contributed by atoms with van der Waals surface area (Å²) >= 11 is 0. The maximum Gasteiger partial charge on any atom is 0.211 e. The van der Waals surface area contributed by atoms with Crippen molar-refractivity contribution in [3.05, 3.63) is 24.3 Å². The van der Waals surface area contributed by atoms with Gasteiger partial charge in [0, 0.05) is 17.6 Å². The van der Waals surface area contributed by atoms with Crippen LogP contribution in [0.1, 0.15) is 0 Å². The lowest BCUT2D eigenvalue weighted by atomic mass is 10.3. The monoisotopic (exact) mass is 198 g/mol. The maximum absolute atomic E-state index is 10.8. The van der Waals surface area contributed by atoms with Crippen LogP contribution in [0.2, 0.25) is 0 Å². The first-order chi connectivity index (χ1) is 6.22. The van der Waals surface area contributed by atoms with Gasteiger partial charge in [-0.15, -0.1) is 0 Å². The molecule has 0 aliphatic rings. The van der Waals surface area contributed by atoms with Crippen LogP contribution < -0.4 is 10.0 Å². The summed E-state index contributed by atoms with van der Waals surface area (Å²) in [4.78, 5) is 10.1. The zero-order valence-corrected chi connectivity index (χ0v) is 7.93. The van der Waals surface area contributed by atoms with E-state index < -0.39 is 11.0 Å². The molecule has 1 amide bonds. The molecule has 5 heteroatoms. The number of benzene rings is 1. The van der Waals surface area contributed by atoms with Crippen LogP contribution in [0.3, 0.4) is 0 Å². The van der Waals surface area contributed by atoms with E-state index in [0.717, 1.165) is 5.69 Å². The van der Waals surface area contributed by atoms with Crippen molar-refractivity contribution in [1.29, 1.82) is 0 Å². The fourth-order valence-electron chi connectivity index (χ4n) is 0.868. The van der Waals surface area contributed by atoms with Crippen LogP contribution in [0.4, 0.5) is 11.4 Å². The molecule has 0 heterocycles. The Morgan fingerprint density at radius 2 is 1.77 bits per heavy atom. The molecule has 0 aliphatic carbocycles. The summed E-state index contributed by atoms with van der Waals surface area (Å²) in [6, 6.07) is 6.94. The van der Waals surface area contributed by atoms with Gasteiger partial charge < -0.3 is 10.0 Å². The molecule has 0 saturated heterocycles. The summed E-state index contributed by atoms with van der Waals surface area (Å²) in [5.74, 6) is 0. The van der Waals surface area contributed by atoms with Gasteiger partial charge in [0.1, 0.15) is 11.0 Å². The Bertz CT molecular complexity index is 310. The molecule has 0 saturated carbocycles. The second-order valence-corrected chi connectivity index (χ2v) is 3.51. The van der Waals surface area contributed by atoms with E-state index in [9.17, 15) is 9.00 Å². The van der Waals surface area contributed by atoms with E-state index in [1.807, 2.05) is 0 Å². The van der Waals surface area contributed by atoms with E-state index in [0.29, 0.717) is 12.1 Å². The molecule has 1 aromatic carbocycles. The van der Waals surface area contributed by atoms with Gasteiger partial charge in [-0.3, -0.25) is 4.79 Å². The summed E-state index contributed by atoms with van der Waals surface area (Å²) in [6.45, 7) is 0. The van der Waals surface area contributed by atoms with Crippen molar-refractivity contribution >= 4 is 28.8 Å². The third-order valence-corrected chi connectivity index (χ3v) is 1.90. The topological polar surface area (TPSA) is 58.2 Å². The Morgan fingerprint density at radius 1 is 1.23 bits per heavy atom. The molecule has 4 nitrogen and oxygen atoms in total. The molecule has 0 fully saturated rings. The number of hydrogen-bond acceptors (Lipinski definition) is 2. The van der Waals surface area contributed by atoms with Crippen molar-refractivity contribution in [1.82, 2.24) is 0 Å². The number of carbonyl (C=O) groups excluding carboxylic acids is 1. The van der Waals surface area contributed by atoms with Gasteiger partial charge in [0.25, 0.3) is 0 Å². The van der Waals surface area contributed by atoms with Crippen LogP contribution in [0.5, 0.6) is 0 Å². The third kappa shape index (κ3) is 3.25. The fraction of sp³-hybridized carbons (Fsp3) is 0.125. The van der Waals surface area contributed by atoms with Crippen molar-refractivity contribution in [3.63, 3.8) is 0 Å². The van der Waals surface area contributed by atoms with E-state index in [-0.39, 0.29) is 0 Å². The van der Waals surface area contributed by atoms with Gasteiger partial charge in [-0.2, -0.15) is 0 Å². The summed E-state index contributed by atoms with van der Waals surface area (Å²) in [7, 11) is -1.07. The van der Waals surface area contributed by atoms with Crippen molar-refractivity contribution in [2.75, 3.05) is 16.3 Å². The molecule has 0 bridgehead atoms. The van der Waals surface area contributed by atoms with Crippen LogP contribution in [-0.4, -0.2) is 16.9 Å². The van der Waals surface area contributed by atoms with Gasteiger partial charge in [-0.25, -0.2) is 4.21 Å². The Hall–Kier alpha value is -1.36. The third-order valence-electron chi connectivity index (χ3n) is 1.37. The van der Waals surface area contributed by atoms with Crippen molar-refractivity contribution in [3.8, 4) is 0 Å². The Labute approximate surface area is 78.9 Å². The lowest BCUT2D eigenvalue weighted by Crippen LogP contribution is -2.01. The number of amides is 1. The number of hydrogen-bond donors (Lipinski definition) is 2. The quantitative estimate of drug-likeness (QED) is 0.708. The van der Waals surface area contributed by atoms with Crippen LogP contribution in [0, 0.1) is 0 Å². The Morgan fingerprint density at radius 3 is 2.23 bits per heavy atom. The highest BCUT2D eigenvalue weighted by molar-refractivity contribution is 7.85. The first-order valence-corrected chi connectivity index (χ1v) is 5.18. The normalized spacial score (nSPS) is 11.8. The minimum Gasteiger partial charge on any atom is -0.329 e. The van der Waals surface area contributed by atoms with Crippen LogP contribution in [-0.2, 0) is 15.8 Å². The van der Waals surface area contributed by atoms with Crippen LogP contribution in [0.25, 0.3) is 0 Å². The van der Waals surface area contributed by atoms with E-state index in [2.05, 4.69) is 10.0 Å². The van der Waals surface area contributed by atoms with Gasteiger partial charge >= 0.3 is 0 Å². The molecular formula is C8H10N2O2S. The SMILES string of the molecule is CS(=O)Nc1ccc(NC=O)cc1. The summed E-state index contributed by atoms with van der Waals surface area (Å²) in [5.41, 5.74) is 1.47. The molecule has 1 aromatic rings. The molecule has 70 valence electrons. The molecule has 2 N–H and O–H groups in total. The number of anilines is 2. The van der Waals surface area contributed by atoms with Crippen molar-refractivity contribution in [2.45, 2.75) is 0 Å². The number of nitrogens with one attached hydrogen (secondary N) is 2. The fourth-order valence-corrected chi connectivity index (χ4v) is 1.34. The molecule has 1 atom stereocenters. The van der Waals surface area contributed by atoms with Gasteiger partial charge in [0.2, 0.25) is 6.41 Å². The van der Waals surface area contributed by atoms with Crippen LogP contribution in [0.15, 0.2) is 24.3 Å². The molecule has 1 rings (SSSR count). The van der Waals surface area contributed by atoms with Crippen molar-refractivity contribution < 1.29 is 9.00 Å². The Balaban J connectivity index is 2.69. The zero-order valence-electron chi connectivity index (χ0n) is 7.11. The highest BCUT2D eigenvalue weighted by Crippen LogP contribution is 2.12. The highest BCUT2D eigenvalue weighted by atomic mass is 32.2. The minimum absolute atomic E-state index is 0.612. The van der Waals surface area contributed by atoms with Gasteiger partial charge in [-0.1, -0.05) is 0 Å². The van der Waals surface area contributed by atoms with E-state index in [4.69, 9.17) is 0 Å². The first-order valence-electron chi connectivity index (χ1n) is 3.62. The molecule has 13 heavy (non-hydrogen) atoms. The van der Waals surface area contributed by atoms with E-state index in [1.54, 1.807) is 30.5 Å². The summed E-state index contributed by atoms with van der Waals surface area (Å²) in [5, 5.41) is 2.50. The molecule has 0 radical (unpaired) electrons. The van der Waals surface area contributed by atoms with Gasteiger partial charge in [-0.05, 0) is 24.3 Å². The second kappa shape index (κ2) is 4.61. The Kier molecular flexibility index (Phi) is 3.45. The predicted molar refractivity (Wildman–Crippen MR) is 53.8 cm³/mol. The molecular weight excluding hydrogens is 188 g/mol. The average molecular weight is 198 g/mol. The minimum atomic E-state index is -1.07. The van der Waals surface area contributed by atoms with Gasteiger partial charge in [0.15, 0.2) is 0 Å². The number of rotatable bonds is 4. The zero-order chi connectivity index (χ0) is 9.68. The van der Waals surface area contributed by atoms with Gasteiger partial charge in [0.05, 0.1) is 0 Å². The molecule has 0 aromatic heterocycles. The predicted octanol–water partition coefficient (Wildman–Crippen LogP) is 0.960. The highest BCUT2D eigenvalue weighted by Gasteiger charge is 1.93.